The molecule has 3 heterocycles. The molecule has 0 bridgehead atoms. The van der Waals surface area contributed by atoms with Crippen molar-refractivity contribution in [3.8, 4) is 22.9 Å². The maximum absolute atomic E-state index is 11.4. The highest BCUT2D eigenvalue weighted by atomic mass is 16.5. The van der Waals surface area contributed by atoms with Gasteiger partial charge in [0, 0.05) is 11.5 Å². The highest BCUT2D eigenvalue weighted by Crippen LogP contribution is 2.30. The molecule has 0 radical (unpaired) electrons. The minimum Gasteiger partial charge on any atom is -0.477 e. The van der Waals surface area contributed by atoms with E-state index in [-0.39, 0.29) is 22.8 Å². The number of pyridine rings is 1. The number of carboxylic acid groups (broad SMARTS) is 1. The second-order valence-corrected chi connectivity index (χ2v) is 3.54. The van der Waals surface area contributed by atoms with Crippen molar-refractivity contribution in [1.29, 1.82) is 0 Å². The zero-order valence-corrected chi connectivity index (χ0v) is 9.35. The van der Waals surface area contributed by atoms with Crippen LogP contribution < -0.4 is 0 Å². The minimum atomic E-state index is -1.20. The third-order valence-electron chi connectivity index (χ3n) is 2.40. The van der Waals surface area contributed by atoms with Crippen molar-refractivity contribution in [3.63, 3.8) is 0 Å². The molecule has 1 N–H and O–H groups in total. The Morgan fingerprint density at radius 3 is 2.79 bits per heavy atom. The lowest BCUT2D eigenvalue weighted by Crippen LogP contribution is -1.99. The monoisotopic (exact) mass is 258 g/mol. The molecule has 3 aromatic rings. The fraction of sp³-hybridized carbons (Fsp3) is 0. The highest BCUT2D eigenvalue weighted by molar-refractivity contribution is 5.99. The molecular weight excluding hydrogens is 252 g/mol. The van der Waals surface area contributed by atoms with Gasteiger partial charge in [-0.15, -0.1) is 5.10 Å². The Kier molecular flexibility index (Phi) is 2.53. The summed E-state index contributed by atoms with van der Waals surface area (Å²) in [7, 11) is 0. The van der Waals surface area contributed by atoms with Gasteiger partial charge in [0.2, 0.25) is 11.5 Å². The number of carbonyl (C=O) groups is 1. The van der Waals surface area contributed by atoms with Gasteiger partial charge in [-0.3, -0.25) is 4.98 Å². The molecule has 0 unspecified atom stereocenters. The largest absolute Gasteiger partial charge is 0.477 e. The average Bonchev–Trinajstić information content (AvgIpc) is 3.08. The number of hydrogen-bond acceptors (Lipinski definition) is 7. The van der Waals surface area contributed by atoms with Gasteiger partial charge in [0.1, 0.15) is 17.5 Å². The van der Waals surface area contributed by atoms with Crippen LogP contribution in [0.15, 0.2) is 39.6 Å². The van der Waals surface area contributed by atoms with E-state index in [1.165, 1.54) is 12.4 Å². The van der Waals surface area contributed by atoms with Crippen LogP contribution in [0.2, 0.25) is 0 Å². The van der Waals surface area contributed by atoms with Crippen LogP contribution in [0.3, 0.4) is 0 Å². The molecule has 0 amide bonds. The van der Waals surface area contributed by atoms with Crippen molar-refractivity contribution in [1.82, 2.24) is 20.5 Å². The molecule has 3 aromatic heterocycles. The van der Waals surface area contributed by atoms with Gasteiger partial charge in [-0.05, 0) is 12.1 Å². The first kappa shape index (κ1) is 11.1. The molecule has 19 heavy (non-hydrogen) atoms. The molecule has 0 aliphatic carbocycles. The molecule has 0 spiro atoms. The van der Waals surface area contributed by atoms with Crippen LogP contribution in [0.5, 0.6) is 0 Å². The van der Waals surface area contributed by atoms with Crippen LogP contribution in [-0.4, -0.2) is 31.6 Å². The lowest BCUT2D eigenvalue weighted by Gasteiger charge is -1.96. The van der Waals surface area contributed by atoms with Gasteiger partial charge in [-0.2, -0.15) is 0 Å². The van der Waals surface area contributed by atoms with Gasteiger partial charge in [0.25, 0.3) is 0 Å². The topological polar surface area (TPSA) is 115 Å². The Morgan fingerprint density at radius 1 is 1.26 bits per heavy atom. The number of carboxylic acids is 1. The van der Waals surface area contributed by atoms with E-state index >= 15 is 0 Å². The lowest BCUT2D eigenvalue weighted by atomic mass is 10.1. The molecule has 94 valence electrons. The predicted molar refractivity (Wildman–Crippen MR) is 60.0 cm³/mol. The molecule has 3 rings (SSSR count). The molecule has 8 heteroatoms. The molecule has 0 aliphatic heterocycles. The highest BCUT2D eigenvalue weighted by Gasteiger charge is 2.27. The number of aromatic nitrogens is 4. The van der Waals surface area contributed by atoms with Gasteiger partial charge in [0.15, 0.2) is 0 Å². The molecule has 0 saturated carbocycles. The fourth-order valence-electron chi connectivity index (χ4n) is 1.60. The van der Waals surface area contributed by atoms with Gasteiger partial charge < -0.3 is 14.2 Å². The van der Waals surface area contributed by atoms with Crippen LogP contribution in [-0.2, 0) is 0 Å². The SMILES string of the molecule is O=C(O)c1c(-c2ccccn2)noc1-c1cnno1. The summed E-state index contributed by atoms with van der Waals surface area (Å²) in [4.78, 5) is 15.4. The lowest BCUT2D eigenvalue weighted by molar-refractivity contribution is 0.0697. The summed E-state index contributed by atoms with van der Waals surface area (Å²) >= 11 is 0. The Bertz CT molecular complexity index is 706. The maximum atomic E-state index is 11.4. The van der Waals surface area contributed by atoms with Crippen LogP contribution in [0, 0.1) is 0 Å². The first-order chi connectivity index (χ1) is 9.27. The van der Waals surface area contributed by atoms with Crippen LogP contribution in [0.1, 0.15) is 10.4 Å². The summed E-state index contributed by atoms with van der Waals surface area (Å²) < 4.78 is 9.79. The summed E-state index contributed by atoms with van der Waals surface area (Å²) in [6, 6.07) is 5.07. The van der Waals surface area contributed by atoms with E-state index in [0.29, 0.717) is 5.69 Å². The van der Waals surface area contributed by atoms with Crippen molar-refractivity contribution in [2.24, 2.45) is 0 Å². The average molecular weight is 258 g/mol. The summed E-state index contributed by atoms with van der Waals surface area (Å²) in [5.41, 5.74) is 0.374. The number of rotatable bonds is 3. The molecule has 0 saturated heterocycles. The Morgan fingerprint density at radius 2 is 2.16 bits per heavy atom. The first-order valence-corrected chi connectivity index (χ1v) is 5.19. The van der Waals surface area contributed by atoms with E-state index in [1.807, 2.05) is 0 Å². The smallest absolute Gasteiger partial charge is 0.342 e. The number of hydrogen-bond donors (Lipinski definition) is 1. The maximum Gasteiger partial charge on any atom is 0.342 e. The Balaban J connectivity index is 2.20. The van der Waals surface area contributed by atoms with E-state index in [2.05, 4.69) is 20.5 Å². The van der Waals surface area contributed by atoms with E-state index in [1.54, 1.807) is 18.2 Å². The van der Waals surface area contributed by atoms with E-state index in [0.717, 1.165) is 0 Å². The summed E-state index contributed by atoms with van der Waals surface area (Å²) in [6.07, 6.45) is 2.78. The molecule has 0 atom stereocenters. The molecule has 0 aliphatic rings. The van der Waals surface area contributed by atoms with Gasteiger partial charge >= 0.3 is 5.97 Å². The second-order valence-electron chi connectivity index (χ2n) is 3.54. The summed E-state index contributed by atoms with van der Waals surface area (Å²) in [6.45, 7) is 0. The number of nitrogens with zero attached hydrogens (tertiary/aromatic N) is 4. The predicted octanol–water partition coefficient (Wildman–Crippen LogP) is 1.48. The normalized spacial score (nSPS) is 10.5. The Hall–Kier alpha value is -3.03. The van der Waals surface area contributed by atoms with Gasteiger partial charge in [0.05, 0.1) is 5.69 Å². The summed E-state index contributed by atoms with van der Waals surface area (Å²) in [5.74, 6) is -1.15. The van der Waals surface area contributed by atoms with Crippen molar-refractivity contribution in [2.45, 2.75) is 0 Å². The molecular formula is C11H6N4O4. The van der Waals surface area contributed by atoms with Crippen LogP contribution in [0.4, 0.5) is 0 Å². The minimum absolute atomic E-state index is 0.0434. The quantitative estimate of drug-likeness (QED) is 0.751. The molecule has 0 aromatic carbocycles. The van der Waals surface area contributed by atoms with Gasteiger partial charge in [-0.25, -0.2) is 4.79 Å². The first-order valence-electron chi connectivity index (χ1n) is 5.19. The van der Waals surface area contributed by atoms with Gasteiger partial charge in [-0.1, -0.05) is 11.2 Å². The molecule has 8 nitrogen and oxygen atoms in total. The van der Waals surface area contributed by atoms with Crippen molar-refractivity contribution < 1.29 is 18.9 Å². The van der Waals surface area contributed by atoms with E-state index in [9.17, 15) is 9.90 Å². The van der Waals surface area contributed by atoms with Crippen molar-refractivity contribution >= 4 is 5.97 Å². The fourth-order valence-corrected chi connectivity index (χ4v) is 1.60. The zero-order chi connectivity index (χ0) is 13.2. The van der Waals surface area contributed by atoms with Crippen molar-refractivity contribution in [2.75, 3.05) is 0 Å². The third-order valence-corrected chi connectivity index (χ3v) is 2.40. The Labute approximate surface area is 105 Å². The van der Waals surface area contributed by atoms with Crippen LogP contribution in [0.25, 0.3) is 22.9 Å². The van der Waals surface area contributed by atoms with E-state index < -0.39 is 5.97 Å². The molecule has 0 fully saturated rings. The van der Waals surface area contributed by atoms with E-state index in [4.69, 9.17) is 9.05 Å². The van der Waals surface area contributed by atoms with Crippen molar-refractivity contribution in [3.05, 3.63) is 36.2 Å². The number of aromatic carboxylic acids is 1. The third kappa shape index (κ3) is 1.84. The zero-order valence-electron chi connectivity index (χ0n) is 9.35. The standard InChI is InChI=1S/C11H6N4O4/c16-11(17)8-9(6-3-1-2-4-12-6)14-19-10(8)7-5-13-15-18-7/h1-5H,(H,16,17). The van der Waals surface area contributed by atoms with Crippen LogP contribution >= 0.6 is 0 Å². The summed E-state index contributed by atoms with van der Waals surface area (Å²) in [5, 5.41) is 19.7. The second kappa shape index (κ2) is 4.33.